The van der Waals surface area contributed by atoms with Crippen molar-refractivity contribution in [2.45, 2.75) is 12.3 Å². The van der Waals surface area contributed by atoms with E-state index in [1.54, 1.807) is 35.8 Å². The first-order valence-electron chi connectivity index (χ1n) is 7.12. The van der Waals surface area contributed by atoms with Crippen molar-refractivity contribution in [1.82, 2.24) is 19.8 Å². The van der Waals surface area contributed by atoms with Crippen LogP contribution in [0.25, 0.3) is 0 Å². The standard InChI is InChI=1S/C15H22N4O2S/c1-18(2)10-12-4-5-13(21-12)11-22-9-7-17-15(20)14-16-6-8-19(14)3/h4-6,8H,7,9-11H2,1-3H3,(H,17,20). The molecule has 1 amide bonds. The first kappa shape index (κ1) is 16.6. The lowest BCUT2D eigenvalue weighted by molar-refractivity contribution is 0.0943. The van der Waals surface area contributed by atoms with Crippen molar-refractivity contribution in [2.75, 3.05) is 26.4 Å². The number of aryl methyl sites for hydroxylation is 1. The van der Waals surface area contributed by atoms with E-state index in [-0.39, 0.29) is 5.91 Å². The number of carbonyl (C=O) groups is 1. The summed E-state index contributed by atoms with van der Waals surface area (Å²) in [5, 5.41) is 2.86. The number of imidazole rings is 1. The highest BCUT2D eigenvalue weighted by molar-refractivity contribution is 7.98. The summed E-state index contributed by atoms with van der Waals surface area (Å²) >= 11 is 1.73. The average Bonchev–Trinajstić information content (AvgIpc) is 3.06. The van der Waals surface area contributed by atoms with Crippen molar-refractivity contribution >= 4 is 17.7 Å². The Bertz CT molecular complexity index is 606. The molecule has 0 aromatic carbocycles. The van der Waals surface area contributed by atoms with Gasteiger partial charge in [-0.3, -0.25) is 4.79 Å². The molecular weight excluding hydrogens is 300 g/mol. The number of carbonyl (C=O) groups excluding carboxylic acids is 1. The highest BCUT2D eigenvalue weighted by atomic mass is 32.2. The molecule has 0 aliphatic rings. The summed E-state index contributed by atoms with van der Waals surface area (Å²) in [5.74, 6) is 3.88. The van der Waals surface area contributed by atoms with Gasteiger partial charge in [-0.15, -0.1) is 0 Å². The number of rotatable bonds is 8. The zero-order chi connectivity index (χ0) is 15.9. The topological polar surface area (TPSA) is 63.3 Å². The van der Waals surface area contributed by atoms with Crippen LogP contribution in [-0.2, 0) is 19.3 Å². The van der Waals surface area contributed by atoms with Crippen LogP contribution >= 0.6 is 11.8 Å². The maximum Gasteiger partial charge on any atom is 0.287 e. The summed E-state index contributed by atoms with van der Waals surface area (Å²) in [5.41, 5.74) is 0. The van der Waals surface area contributed by atoms with E-state index >= 15 is 0 Å². The van der Waals surface area contributed by atoms with Crippen molar-refractivity contribution in [3.63, 3.8) is 0 Å². The van der Waals surface area contributed by atoms with Crippen molar-refractivity contribution < 1.29 is 9.21 Å². The number of aromatic nitrogens is 2. The molecule has 0 saturated heterocycles. The van der Waals surface area contributed by atoms with Gasteiger partial charge in [-0.1, -0.05) is 0 Å². The maximum atomic E-state index is 11.8. The van der Waals surface area contributed by atoms with E-state index in [0.29, 0.717) is 12.4 Å². The second kappa shape index (κ2) is 8.05. The van der Waals surface area contributed by atoms with Crippen molar-refractivity contribution in [3.8, 4) is 0 Å². The number of furan rings is 1. The fourth-order valence-corrected chi connectivity index (χ4v) is 2.72. The predicted octanol–water partition coefficient (Wildman–Crippen LogP) is 1.74. The van der Waals surface area contributed by atoms with Crippen LogP contribution in [0.4, 0.5) is 0 Å². The van der Waals surface area contributed by atoms with Gasteiger partial charge in [0, 0.05) is 31.7 Å². The van der Waals surface area contributed by atoms with E-state index in [9.17, 15) is 4.79 Å². The van der Waals surface area contributed by atoms with Gasteiger partial charge in [0.2, 0.25) is 0 Å². The third-order valence-corrected chi connectivity index (χ3v) is 3.97. The summed E-state index contributed by atoms with van der Waals surface area (Å²) in [4.78, 5) is 17.9. The van der Waals surface area contributed by atoms with Crippen LogP contribution in [0.2, 0.25) is 0 Å². The zero-order valence-electron chi connectivity index (χ0n) is 13.2. The van der Waals surface area contributed by atoms with Crippen LogP contribution in [0.15, 0.2) is 28.9 Å². The molecule has 0 radical (unpaired) electrons. The molecule has 0 fully saturated rings. The smallest absolute Gasteiger partial charge is 0.287 e. The number of hydrogen-bond acceptors (Lipinski definition) is 5. The minimum absolute atomic E-state index is 0.139. The van der Waals surface area contributed by atoms with Gasteiger partial charge in [0.1, 0.15) is 11.5 Å². The predicted molar refractivity (Wildman–Crippen MR) is 87.8 cm³/mol. The fraction of sp³-hybridized carbons (Fsp3) is 0.467. The van der Waals surface area contributed by atoms with E-state index in [1.807, 2.05) is 26.2 Å². The van der Waals surface area contributed by atoms with Gasteiger partial charge in [0.25, 0.3) is 5.91 Å². The molecule has 0 aliphatic carbocycles. The molecule has 0 unspecified atom stereocenters. The average molecular weight is 322 g/mol. The Morgan fingerprint density at radius 2 is 2.18 bits per heavy atom. The molecule has 0 aliphatic heterocycles. The summed E-state index contributed by atoms with van der Waals surface area (Å²) in [6.45, 7) is 1.42. The van der Waals surface area contributed by atoms with Gasteiger partial charge in [0.15, 0.2) is 5.82 Å². The molecule has 7 heteroatoms. The number of nitrogens with zero attached hydrogens (tertiary/aromatic N) is 3. The summed E-state index contributed by atoms with van der Waals surface area (Å²) < 4.78 is 7.44. The van der Waals surface area contributed by atoms with Crippen LogP contribution < -0.4 is 5.32 Å². The van der Waals surface area contributed by atoms with E-state index in [1.165, 1.54) is 0 Å². The second-order valence-corrected chi connectivity index (χ2v) is 6.38. The van der Waals surface area contributed by atoms with Gasteiger partial charge in [0.05, 0.1) is 12.3 Å². The third kappa shape index (κ3) is 4.92. The lowest BCUT2D eigenvalue weighted by atomic mass is 10.4. The number of nitrogens with one attached hydrogen (secondary N) is 1. The highest BCUT2D eigenvalue weighted by Gasteiger charge is 2.09. The highest BCUT2D eigenvalue weighted by Crippen LogP contribution is 2.15. The molecule has 2 aromatic heterocycles. The molecule has 2 rings (SSSR count). The molecule has 2 aromatic rings. The quantitative estimate of drug-likeness (QED) is 0.750. The third-order valence-electron chi connectivity index (χ3n) is 2.99. The fourth-order valence-electron chi connectivity index (χ4n) is 1.97. The number of thioether (sulfide) groups is 1. The van der Waals surface area contributed by atoms with E-state index in [4.69, 9.17) is 4.42 Å². The second-order valence-electron chi connectivity index (χ2n) is 5.28. The number of hydrogen-bond donors (Lipinski definition) is 1. The molecule has 22 heavy (non-hydrogen) atoms. The minimum Gasteiger partial charge on any atom is -0.464 e. The van der Waals surface area contributed by atoms with Crippen LogP contribution in [-0.4, -0.2) is 46.8 Å². The summed E-state index contributed by atoms with van der Waals surface area (Å²) in [7, 11) is 5.83. The SMILES string of the molecule is CN(C)Cc1ccc(CSCCNC(=O)c2nccn2C)o1. The molecule has 1 N–H and O–H groups in total. The maximum absolute atomic E-state index is 11.8. The monoisotopic (exact) mass is 322 g/mol. The molecule has 0 saturated carbocycles. The Labute approximate surface area is 134 Å². The molecule has 2 heterocycles. The van der Waals surface area contributed by atoms with Gasteiger partial charge in [-0.25, -0.2) is 4.98 Å². The van der Waals surface area contributed by atoms with E-state index < -0.39 is 0 Å². The van der Waals surface area contributed by atoms with Crippen molar-refractivity contribution in [2.24, 2.45) is 7.05 Å². The summed E-state index contributed by atoms with van der Waals surface area (Å²) in [6.07, 6.45) is 3.37. The first-order chi connectivity index (χ1) is 10.6. The molecule has 120 valence electrons. The van der Waals surface area contributed by atoms with Gasteiger partial charge in [-0.05, 0) is 26.2 Å². The molecule has 0 spiro atoms. The van der Waals surface area contributed by atoms with E-state index in [2.05, 4.69) is 15.2 Å². The Morgan fingerprint density at radius 3 is 2.86 bits per heavy atom. The van der Waals surface area contributed by atoms with Crippen LogP contribution in [0.1, 0.15) is 22.1 Å². The molecule has 0 atom stereocenters. The minimum atomic E-state index is -0.139. The first-order valence-corrected chi connectivity index (χ1v) is 8.27. The zero-order valence-corrected chi connectivity index (χ0v) is 14.0. The Kier molecular flexibility index (Phi) is 6.09. The normalized spacial score (nSPS) is 11.1. The van der Waals surface area contributed by atoms with Crippen molar-refractivity contribution in [3.05, 3.63) is 41.9 Å². The largest absolute Gasteiger partial charge is 0.464 e. The lowest BCUT2D eigenvalue weighted by Gasteiger charge is -2.06. The molecular formula is C15H22N4O2S. The molecule has 0 bridgehead atoms. The summed E-state index contributed by atoms with van der Waals surface area (Å²) in [6, 6.07) is 4.02. The Hall–Kier alpha value is -1.73. The number of amides is 1. The van der Waals surface area contributed by atoms with Crippen LogP contribution in [0.3, 0.4) is 0 Å². The van der Waals surface area contributed by atoms with E-state index in [0.717, 1.165) is 29.6 Å². The Morgan fingerprint density at radius 1 is 1.41 bits per heavy atom. The van der Waals surface area contributed by atoms with Crippen LogP contribution in [0.5, 0.6) is 0 Å². The molecule has 6 nitrogen and oxygen atoms in total. The van der Waals surface area contributed by atoms with Gasteiger partial charge < -0.3 is 19.2 Å². The van der Waals surface area contributed by atoms with Gasteiger partial charge >= 0.3 is 0 Å². The Balaban J connectivity index is 1.64. The van der Waals surface area contributed by atoms with Crippen LogP contribution in [0, 0.1) is 0 Å². The van der Waals surface area contributed by atoms with Gasteiger partial charge in [-0.2, -0.15) is 11.8 Å². The van der Waals surface area contributed by atoms with Crippen molar-refractivity contribution in [1.29, 1.82) is 0 Å². The lowest BCUT2D eigenvalue weighted by Crippen LogP contribution is -2.28.